The summed E-state index contributed by atoms with van der Waals surface area (Å²) in [5.41, 5.74) is 2.29. The molecule has 1 aromatic carbocycles. The lowest BCUT2D eigenvalue weighted by molar-refractivity contribution is 0.0624. The van der Waals surface area contributed by atoms with E-state index in [0.29, 0.717) is 11.1 Å². The van der Waals surface area contributed by atoms with E-state index in [2.05, 4.69) is 9.80 Å². The lowest BCUT2D eigenvalue weighted by Crippen LogP contribution is -2.49. The first-order valence-corrected chi connectivity index (χ1v) is 11.3. The predicted molar refractivity (Wildman–Crippen MR) is 112 cm³/mol. The predicted octanol–water partition coefficient (Wildman–Crippen LogP) is 1.84. The van der Waals surface area contributed by atoms with Crippen LogP contribution in [0.15, 0.2) is 18.2 Å². The number of benzene rings is 1. The van der Waals surface area contributed by atoms with Crippen LogP contribution in [0.25, 0.3) is 0 Å². The number of hydrogen-bond donors (Lipinski definition) is 0. The van der Waals surface area contributed by atoms with E-state index < -0.39 is 0 Å². The number of piperazine rings is 2. The number of carbonyl (C=O) groups is 2. The zero-order chi connectivity index (χ0) is 20.0. The number of aryl methyl sites for hydroxylation is 1. The van der Waals surface area contributed by atoms with Crippen molar-refractivity contribution in [1.82, 2.24) is 19.6 Å². The van der Waals surface area contributed by atoms with Crippen LogP contribution < -0.4 is 0 Å². The standard InChI is InChI=1S/C23H32N4O2/c1-17-14-18(22(28)26-10-6-24(7-11-26)20-2-3-20)16-19(15-17)23(29)27-12-8-25(9-13-27)21-4-5-21/h14-16,20-21H,2-13H2,1H3. The zero-order valence-corrected chi connectivity index (χ0v) is 17.5. The SMILES string of the molecule is Cc1cc(C(=O)N2CCN(C3CC3)CC2)cc(C(=O)N2CCN(C3CC3)CC2)c1. The molecule has 0 unspecified atom stereocenters. The molecule has 4 fully saturated rings. The first-order chi connectivity index (χ1) is 14.1. The third-order valence-electron chi connectivity index (χ3n) is 6.90. The van der Waals surface area contributed by atoms with Gasteiger partial charge < -0.3 is 9.80 Å². The van der Waals surface area contributed by atoms with Gasteiger partial charge in [-0.15, -0.1) is 0 Å². The van der Waals surface area contributed by atoms with Crippen molar-refractivity contribution >= 4 is 11.8 Å². The Labute approximate surface area is 173 Å². The van der Waals surface area contributed by atoms with Crippen molar-refractivity contribution in [3.05, 3.63) is 34.9 Å². The molecule has 2 aliphatic heterocycles. The minimum Gasteiger partial charge on any atom is -0.336 e. The highest BCUT2D eigenvalue weighted by Crippen LogP contribution is 2.29. The molecule has 6 nitrogen and oxygen atoms in total. The van der Waals surface area contributed by atoms with Crippen molar-refractivity contribution in [2.24, 2.45) is 0 Å². The van der Waals surface area contributed by atoms with Gasteiger partial charge in [0.25, 0.3) is 11.8 Å². The summed E-state index contributed by atoms with van der Waals surface area (Å²) in [5.74, 6) is 0.133. The molecular weight excluding hydrogens is 364 g/mol. The third kappa shape index (κ3) is 4.19. The molecule has 2 heterocycles. The summed E-state index contributed by atoms with van der Waals surface area (Å²) in [5, 5.41) is 0. The number of nitrogens with zero attached hydrogens (tertiary/aromatic N) is 4. The summed E-state index contributed by atoms with van der Waals surface area (Å²) in [7, 11) is 0. The molecule has 0 aromatic heterocycles. The van der Waals surface area contributed by atoms with E-state index in [-0.39, 0.29) is 11.8 Å². The molecule has 156 valence electrons. The molecule has 0 spiro atoms. The molecule has 2 saturated carbocycles. The van der Waals surface area contributed by atoms with Crippen molar-refractivity contribution in [3.63, 3.8) is 0 Å². The lowest BCUT2D eigenvalue weighted by atomic mass is 10.0. The first kappa shape index (κ1) is 19.1. The fourth-order valence-electron chi connectivity index (χ4n) is 4.85. The van der Waals surface area contributed by atoms with Gasteiger partial charge in [0.1, 0.15) is 0 Å². The quantitative estimate of drug-likeness (QED) is 0.779. The summed E-state index contributed by atoms with van der Waals surface area (Å²) < 4.78 is 0. The Morgan fingerprint density at radius 3 is 1.38 bits per heavy atom. The topological polar surface area (TPSA) is 47.1 Å². The minimum absolute atomic E-state index is 0.0664. The second kappa shape index (κ2) is 7.73. The van der Waals surface area contributed by atoms with E-state index >= 15 is 0 Å². The summed E-state index contributed by atoms with van der Waals surface area (Å²) in [6.45, 7) is 9.01. The number of amides is 2. The molecule has 2 amide bonds. The van der Waals surface area contributed by atoms with Crippen LogP contribution in [-0.2, 0) is 0 Å². The second-order valence-electron chi connectivity index (χ2n) is 9.21. The van der Waals surface area contributed by atoms with Crippen LogP contribution in [0.1, 0.15) is 52.0 Å². The molecule has 0 radical (unpaired) electrons. The van der Waals surface area contributed by atoms with E-state index in [4.69, 9.17) is 0 Å². The molecule has 0 N–H and O–H groups in total. The molecule has 29 heavy (non-hydrogen) atoms. The lowest BCUT2D eigenvalue weighted by Gasteiger charge is -2.35. The summed E-state index contributed by atoms with van der Waals surface area (Å²) in [6, 6.07) is 7.19. The number of hydrogen-bond acceptors (Lipinski definition) is 4. The third-order valence-corrected chi connectivity index (χ3v) is 6.90. The van der Waals surface area contributed by atoms with Crippen LogP contribution >= 0.6 is 0 Å². The van der Waals surface area contributed by atoms with Gasteiger partial charge in [-0.2, -0.15) is 0 Å². The van der Waals surface area contributed by atoms with E-state index in [9.17, 15) is 9.59 Å². The summed E-state index contributed by atoms with van der Waals surface area (Å²) in [4.78, 5) is 35.1. The maximum Gasteiger partial charge on any atom is 0.253 e. The molecule has 6 heteroatoms. The van der Waals surface area contributed by atoms with Crippen molar-refractivity contribution in [1.29, 1.82) is 0 Å². The Hall–Kier alpha value is -1.92. The fourth-order valence-corrected chi connectivity index (χ4v) is 4.85. The van der Waals surface area contributed by atoms with E-state index in [0.717, 1.165) is 70.0 Å². The number of rotatable bonds is 4. The van der Waals surface area contributed by atoms with Gasteiger partial charge in [0, 0.05) is 75.6 Å². The van der Waals surface area contributed by atoms with E-state index in [1.807, 2.05) is 34.9 Å². The van der Waals surface area contributed by atoms with Crippen LogP contribution in [-0.4, -0.2) is 95.9 Å². The Morgan fingerprint density at radius 2 is 1.03 bits per heavy atom. The first-order valence-electron chi connectivity index (χ1n) is 11.3. The van der Waals surface area contributed by atoms with Crippen LogP contribution in [0.5, 0.6) is 0 Å². The van der Waals surface area contributed by atoms with Gasteiger partial charge in [0.15, 0.2) is 0 Å². The van der Waals surface area contributed by atoms with Gasteiger partial charge in [-0.25, -0.2) is 0 Å². The Balaban J connectivity index is 1.24. The Kier molecular flexibility index (Phi) is 5.08. The van der Waals surface area contributed by atoms with Gasteiger partial charge in [-0.3, -0.25) is 19.4 Å². The minimum atomic E-state index is 0.0664. The average Bonchev–Trinajstić information content (AvgIpc) is 3.65. The van der Waals surface area contributed by atoms with Crippen LogP contribution in [0, 0.1) is 6.92 Å². The maximum atomic E-state index is 13.1. The normalized spacial score (nSPS) is 24.0. The molecule has 2 aliphatic carbocycles. The molecule has 1 aromatic rings. The largest absolute Gasteiger partial charge is 0.336 e. The van der Waals surface area contributed by atoms with E-state index in [1.165, 1.54) is 25.7 Å². The monoisotopic (exact) mass is 396 g/mol. The smallest absolute Gasteiger partial charge is 0.253 e. The van der Waals surface area contributed by atoms with Crippen molar-refractivity contribution in [2.75, 3.05) is 52.4 Å². The van der Waals surface area contributed by atoms with Gasteiger partial charge in [-0.1, -0.05) is 0 Å². The van der Waals surface area contributed by atoms with E-state index in [1.54, 1.807) is 0 Å². The summed E-state index contributed by atoms with van der Waals surface area (Å²) >= 11 is 0. The van der Waals surface area contributed by atoms with Gasteiger partial charge >= 0.3 is 0 Å². The van der Waals surface area contributed by atoms with Crippen LogP contribution in [0.2, 0.25) is 0 Å². The van der Waals surface area contributed by atoms with Crippen LogP contribution in [0.3, 0.4) is 0 Å². The summed E-state index contributed by atoms with van der Waals surface area (Å²) in [6.07, 6.45) is 5.25. The van der Waals surface area contributed by atoms with Gasteiger partial charge in [0.2, 0.25) is 0 Å². The molecule has 0 atom stereocenters. The molecule has 0 bridgehead atoms. The zero-order valence-electron chi connectivity index (χ0n) is 17.5. The number of carbonyl (C=O) groups excluding carboxylic acids is 2. The highest BCUT2D eigenvalue weighted by molar-refractivity contribution is 6.00. The molecule has 2 saturated heterocycles. The van der Waals surface area contributed by atoms with Gasteiger partial charge in [-0.05, 0) is 56.4 Å². The molecular formula is C23H32N4O2. The maximum absolute atomic E-state index is 13.1. The molecule has 4 aliphatic rings. The van der Waals surface area contributed by atoms with Crippen molar-refractivity contribution in [3.8, 4) is 0 Å². The molecule has 5 rings (SSSR count). The highest BCUT2D eigenvalue weighted by Gasteiger charge is 2.34. The van der Waals surface area contributed by atoms with Gasteiger partial charge in [0.05, 0.1) is 0 Å². The fraction of sp³-hybridized carbons (Fsp3) is 0.652. The van der Waals surface area contributed by atoms with Crippen molar-refractivity contribution < 1.29 is 9.59 Å². The Bertz CT molecular complexity index is 724. The second-order valence-corrected chi connectivity index (χ2v) is 9.21. The Morgan fingerprint density at radius 1 is 0.655 bits per heavy atom. The van der Waals surface area contributed by atoms with Crippen molar-refractivity contribution in [2.45, 2.75) is 44.7 Å². The van der Waals surface area contributed by atoms with Crippen LogP contribution in [0.4, 0.5) is 0 Å². The highest BCUT2D eigenvalue weighted by atomic mass is 16.2. The average molecular weight is 397 g/mol.